The zero-order valence-electron chi connectivity index (χ0n) is 16.4. The number of halogens is 10. The van der Waals surface area contributed by atoms with Crippen molar-refractivity contribution >= 4 is 23.2 Å². The van der Waals surface area contributed by atoms with E-state index in [1.165, 1.54) is 24.3 Å². The molecule has 0 fully saturated rings. The Bertz CT molecular complexity index is 1260. The quantitative estimate of drug-likeness (QED) is 0.391. The molecule has 0 aliphatic carbocycles. The summed E-state index contributed by atoms with van der Waals surface area (Å²) in [4.78, 5) is 15.6. The van der Waals surface area contributed by atoms with E-state index < -0.39 is 59.1 Å². The summed E-state index contributed by atoms with van der Waals surface area (Å²) < 4.78 is 120. The Morgan fingerprint density at radius 2 is 1.53 bits per heavy atom. The van der Waals surface area contributed by atoms with Crippen molar-refractivity contribution in [1.29, 1.82) is 0 Å². The highest BCUT2D eigenvalue weighted by Crippen LogP contribution is 2.40. The lowest BCUT2D eigenvalue weighted by Crippen LogP contribution is -2.27. The van der Waals surface area contributed by atoms with Crippen LogP contribution in [0.3, 0.4) is 0 Å². The lowest BCUT2D eigenvalue weighted by molar-refractivity contribution is -0.141. The Labute approximate surface area is 189 Å². The average Bonchev–Trinajstić information content (AvgIpc) is 2.68. The number of alkyl halides is 9. The van der Waals surface area contributed by atoms with E-state index in [1.54, 1.807) is 0 Å². The SMILES string of the molecule is O=c1cc(C(F)(F)F)nc(Nc2cc(C(F)(F)F)ccc2C(F)(F)F)n1Cc1cccc(Cl)c1. The normalized spacial score (nSPS) is 12.6. The van der Waals surface area contributed by atoms with Gasteiger partial charge >= 0.3 is 18.5 Å². The second-order valence-electron chi connectivity index (χ2n) is 6.90. The molecule has 0 saturated carbocycles. The van der Waals surface area contributed by atoms with E-state index >= 15 is 0 Å². The molecule has 2 aromatic carbocycles. The zero-order chi connectivity index (χ0) is 25.5. The average molecular weight is 516 g/mol. The molecule has 182 valence electrons. The van der Waals surface area contributed by atoms with Gasteiger partial charge in [0.25, 0.3) is 5.56 Å². The van der Waals surface area contributed by atoms with Crippen molar-refractivity contribution in [2.45, 2.75) is 25.1 Å². The summed E-state index contributed by atoms with van der Waals surface area (Å²) >= 11 is 5.84. The fraction of sp³-hybridized carbons (Fsp3) is 0.200. The molecule has 4 nitrogen and oxygen atoms in total. The maximum atomic E-state index is 13.4. The Kier molecular flexibility index (Phi) is 6.62. The van der Waals surface area contributed by atoms with E-state index in [1.807, 2.05) is 5.32 Å². The Morgan fingerprint density at radius 1 is 0.853 bits per heavy atom. The van der Waals surface area contributed by atoms with Gasteiger partial charge in [0.05, 0.1) is 23.4 Å². The van der Waals surface area contributed by atoms with Crippen LogP contribution < -0.4 is 10.9 Å². The largest absolute Gasteiger partial charge is 0.433 e. The summed E-state index contributed by atoms with van der Waals surface area (Å²) in [5.41, 5.74) is -7.15. The monoisotopic (exact) mass is 515 g/mol. The minimum absolute atomic E-state index is 0.0684. The number of benzene rings is 2. The maximum Gasteiger partial charge on any atom is 0.433 e. The van der Waals surface area contributed by atoms with Gasteiger partial charge in [-0.2, -0.15) is 39.5 Å². The first-order valence-electron chi connectivity index (χ1n) is 9.04. The van der Waals surface area contributed by atoms with Gasteiger partial charge in [-0.25, -0.2) is 4.98 Å². The second-order valence-corrected chi connectivity index (χ2v) is 7.33. The number of hydrogen-bond donors (Lipinski definition) is 1. The molecule has 0 bridgehead atoms. The molecule has 1 N–H and O–H groups in total. The Hall–Kier alpha value is -3.22. The van der Waals surface area contributed by atoms with Crippen LogP contribution in [0.25, 0.3) is 0 Å². The lowest BCUT2D eigenvalue weighted by atomic mass is 10.1. The molecular weight excluding hydrogens is 505 g/mol. The van der Waals surface area contributed by atoms with Crippen LogP contribution in [0.15, 0.2) is 53.3 Å². The van der Waals surface area contributed by atoms with Gasteiger partial charge in [-0.15, -0.1) is 0 Å². The lowest BCUT2D eigenvalue weighted by Gasteiger charge is -2.20. The van der Waals surface area contributed by atoms with Crippen LogP contribution in [0.2, 0.25) is 5.02 Å². The van der Waals surface area contributed by atoms with Crippen molar-refractivity contribution in [2.24, 2.45) is 0 Å². The van der Waals surface area contributed by atoms with Gasteiger partial charge in [0.2, 0.25) is 5.95 Å². The van der Waals surface area contributed by atoms with Crippen molar-refractivity contribution < 1.29 is 39.5 Å². The molecule has 34 heavy (non-hydrogen) atoms. The van der Waals surface area contributed by atoms with Crippen LogP contribution in [-0.4, -0.2) is 9.55 Å². The third-order valence-electron chi connectivity index (χ3n) is 4.43. The van der Waals surface area contributed by atoms with E-state index in [-0.39, 0.29) is 34.9 Å². The molecular formula is C20H11ClF9N3O. The van der Waals surface area contributed by atoms with E-state index in [0.29, 0.717) is 4.57 Å². The van der Waals surface area contributed by atoms with Gasteiger partial charge in [0.15, 0.2) is 5.69 Å². The van der Waals surface area contributed by atoms with Gasteiger partial charge in [0.1, 0.15) is 0 Å². The summed E-state index contributed by atoms with van der Waals surface area (Å²) in [5.74, 6) is -1.05. The molecule has 0 radical (unpaired) electrons. The molecule has 3 aromatic rings. The predicted octanol–water partition coefficient (Wildman–Crippen LogP) is 6.75. The van der Waals surface area contributed by atoms with E-state index in [2.05, 4.69) is 4.98 Å². The van der Waals surface area contributed by atoms with Crippen molar-refractivity contribution in [3.05, 3.63) is 86.3 Å². The number of aromatic nitrogens is 2. The molecule has 0 aliphatic heterocycles. The van der Waals surface area contributed by atoms with Gasteiger partial charge in [-0.05, 0) is 35.9 Å². The minimum atomic E-state index is -5.17. The molecule has 0 unspecified atom stereocenters. The standard InChI is InChI=1S/C20H11ClF9N3O/c21-12-3-1-2-10(6-12)9-33-16(34)8-15(20(28,29)30)32-17(33)31-14-7-11(18(22,23)24)4-5-13(14)19(25,26)27/h1-8H,9H2,(H,31,32). The summed E-state index contributed by atoms with van der Waals surface area (Å²) in [5, 5.41) is 2.04. The summed E-state index contributed by atoms with van der Waals surface area (Å²) in [6.07, 6.45) is -15.4. The van der Waals surface area contributed by atoms with Gasteiger partial charge in [-0.1, -0.05) is 23.7 Å². The Morgan fingerprint density at radius 3 is 2.09 bits per heavy atom. The first kappa shape index (κ1) is 25.4. The molecule has 0 spiro atoms. The first-order chi connectivity index (χ1) is 15.6. The number of nitrogens with one attached hydrogen (secondary N) is 1. The zero-order valence-corrected chi connectivity index (χ0v) is 17.2. The highest BCUT2D eigenvalue weighted by molar-refractivity contribution is 6.30. The summed E-state index contributed by atoms with van der Waals surface area (Å²) in [6.45, 7) is -0.493. The third kappa shape index (κ3) is 5.82. The minimum Gasteiger partial charge on any atom is -0.325 e. The molecule has 0 saturated heterocycles. The van der Waals surface area contributed by atoms with Crippen molar-refractivity contribution in [3.63, 3.8) is 0 Å². The fourth-order valence-corrected chi connectivity index (χ4v) is 3.12. The molecule has 1 heterocycles. The van der Waals surface area contributed by atoms with Gasteiger partial charge < -0.3 is 5.32 Å². The third-order valence-corrected chi connectivity index (χ3v) is 4.66. The number of rotatable bonds is 4. The highest BCUT2D eigenvalue weighted by Gasteiger charge is 2.38. The van der Waals surface area contributed by atoms with Crippen LogP contribution in [-0.2, 0) is 25.1 Å². The predicted molar refractivity (Wildman–Crippen MR) is 104 cm³/mol. The van der Waals surface area contributed by atoms with E-state index in [4.69, 9.17) is 11.6 Å². The maximum absolute atomic E-state index is 13.4. The summed E-state index contributed by atoms with van der Waals surface area (Å²) in [7, 11) is 0. The smallest absolute Gasteiger partial charge is 0.325 e. The van der Waals surface area contributed by atoms with Crippen molar-refractivity contribution in [2.75, 3.05) is 5.32 Å². The summed E-state index contributed by atoms with van der Waals surface area (Å²) in [6, 6.07) is 6.14. The number of anilines is 2. The number of hydrogen-bond acceptors (Lipinski definition) is 3. The molecule has 0 amide bonds. The van der Waals surface area contributed by atoms with Crippen LogP contribution >= 0.6 is 11.6 Å². The van der Waals surface area contributed by atoms with Gasteiger partial charge in [0, 0.05) is 11.1 Å². The van der Waals surface area contributed by atoms with Crippen LogP contribution in [0.5, 0.6) is 0 Å². The number of nitrogens with zero attached hydrogens (tertiary/aromatic N) is 2. The molecule has 3 rings (SSSR count). The van der Waals surface area contributed by atoms with Crippen LogP contribution in [0.1, 0.15) is 22.4 Å². The van der Waals surface area contributed by atoms with Crippen LogP contribution in [0, 0.1) is 0 Å². The van der Waals surface area contributed by atoms with Crippen molar-refractivity contribution in [1.82, 2.24) is 9.55 Å². The molecule has 14 heteroatoms. The molecule has 1 aromatic heterocycles. The highest BCUT2D eigenvalue weighted by atomic mass is 35.5. The molecule has 0 atom stereocenters. The fourth-order valence-electron chi connectivity index (χ4n) is 2.91. The second kappa shape index (κ2) is 8.85. The van der Waals surface area contributed by atoms with Gasteiger partial charge in [-0.3, -0.25) is 9.36 Å². The van der Waals surface area contributed by atoms with Crippen LogP contribution in [0.4, 0.5) is 51.1 Å². The topological polar surface area (TPSA) is 46.9 Å². The first-order valence-corrected chi connectivity index (χ1v) is 9.42. The molecule has 0 aliphatic rings. The van der Waals surface area contributed by atoms with Crippen molar-refractivity contribution in [3.8, 4) is 0 Å². The van der Waals surface area contributed by atoms with E-state index in [9.17, 15) is 44.3 Å². The van der Waals surface area contributed by atoms with E-state index in [0.717, 1.165) is 0 Å². The Balaban J connectivity index is 2.22.